The normalized spacial score (nSPS) is 17.0. The smallest absolute Gasteiger partial charge is 0.223 e. The van der Waals surface area contributed by atoms with Crippen LogP contribution in [0.15, 0.2) is 45.3 Å². The molecule has 0 aromatic heterocycles. The van der Waals surface area contributed by atoms with Gasteiger partial charge in [-0.05, 0) is 81.4 Å². The molecule has 0 radical (unpaired) electrons. The maximum atomic E-state index is 14.0. The maximum Gasteiger partial charge on any atom is 0.223 e. The van der Waals surface area contributed by atoms with Crippen molar-refractivity contribution in [3.8, 4) is 0 Å². The number of hydrogen-bond acceptors (Lipinski definition) is 2. The van der Waals surface area contributed by atoms with Crippen LogP contribution in [0.1, 0.15) is 43.4 Å². The molecular formula is C23H27Br2ClF2N2O. The van der Waals surface area contributed by atoms with Crippen molar-refractivity contribution in [2.75, 3.05) is 27.2 Å². The zero-order valence-electron chi connectivity index (χ0n) is 17.8. The van der Waals surface area contributed by atoms with Gasteiger partial charge in [-0.3, -0.25) is 4.79 Å². The number of benzene rings is 2. The van der Waals surface area contributed by atoms with Gasteiger partial charge < -0.3 is 9.80 Å². The summed E-state index contributed by atoms with van der Waals surface area (Å²) >= 11 is 7.00. The van der Waals surface area contributed by atoms with Gasteiger partial charge in [0.05, 0.1) is 6.04 Å². The molecule has 1 amide bonds. The van der Waals surface area contributed by atoms with Gasteiger partial charge in [0.1, 0.15) is 0 Å². The molecule has 31 heavy (non-hydrogen) atoms. The molecule has 1 aliphatic rings. The van der Waals surface area contributed by atoms with Crippen LogP contribution in [0.25, 0.3) is 0 Å². The van der Waals surface area contributed by atoms with Crippen LogP contribution in [-0.2, 0) is 10.2 Å². The van der Waals surface area contributed by atoms with Crippen LogP contribution in [0.3, 0.4) is 0 Å². The van der Waals surface area contributed by atoms with E-state index in [0.717, 1.165) is 40.4 Å². The second-order valence-corrected chi connectivity index (χ2v) is 10.1. The highest BCUT2D eigenvalue weighted by molar-refractivity contribution is 9.11. The summed E-state index contributed by atoms with van der Waals surface area (Å²) in [6.45, 7) is 3.61. The summed E-state index contributed by atoms with van der Waals surface area (Å²) in [7, 11) is 3.84. The second kappa shape index (κ2) is 10.7. The molecule has 1 heterocycles. The first-order chi connectivity index (χ1) is 14.1. The lowest BCUT2D eigenvalue weighted by Gasteiger charge is -2.42. The summed E-state index contributed by atoms with van der Waals surface area (Å²) < 4.78 is 29.4. The predicted molar refractivity (Wildman–Crippen MR) is 130 cm³/mol. The molecule has 3 rings (SSSR count). The average molecular weight is 581 g/mol. The summed E-state index contributed by atoms with van der Waals surface area (Å²) in [5.41, 5.74) is 1.22. The second-order valence-electron chi connectivity index (χ2n) is 8.27. The summed E-state index contributed by atoms with van der Waals surface area (Å²) in [5.74, 6) is -1.73. The highest BCUT2D eigenvalue weighted by atomic mass is 79.9. The van der Waals surface area contributed by atoms with E-state index in [9.17, 15) is 13.6 Å². The predicted octanol–water partition coefficient (Wildman–Crippen LogP) is 6.48. The minimum atomic E-state index is -0.862. The fourth-order valence-corrected chi connectivity index (χ4v) is 5.44. The molecule has 0 N–H and O–H groups in total. The van der Waals surface area contributed by atoms with Crippen LogP contribution in [0, 0.1) is 11.6 Å². The highest BCUT2D eigenvalue weighted by Gasteiger charge is 2.39. The third kappa shape index (κ3) is 6.06. The van der Waals surface area contributed by atoms with Crippen LogP contribution in [0.2, 0.25) is 0 Å². The molecule has 3 nitrogen and oxygen atoms in total. The van der Waals surface area contributed by atoms with E-state index in [1.807, 2.05) is 32.2 Å². The lowest BCUT2D eigenvalue weighted by molar-refractivity contribution is -0.133. The number of carbonyl (C=O) groups excluding carboxylic acids is 1. The fourth-order valence-electron chi connectivity index (χ4n) is 4.11. The maximum absolute atomic E-state index is 14.0. The molecule has 1 aliphatic heterocycles. The Hall–Kier alpha value is -1.02. The number of hydrogen-bond donors (Lipinski definition) is 0. The third-order valence-electron chi connectivity index (χ3n) is 6.31. The van der Waals surface area contributed by atoms with Crippen molar-refractivity contribution >= 4 is 50.2 Å². The topological polar surface area (TPSA) is 23.6 Å². The van der Waals surface area contributed by atoms with E-state index in [0.29, 0.717) is 5.56 Å². The van der Waals surface area contributed by atoms with Crippen LogP contribution in [-0.4, -0.2) is 42.9 Å². The van der Waals surface area contributed by atoms with E-state index in [-0.39, 0.29) is 30.8 Å². The molecule has 2 aromatic rings. The summed E-state index contributed by atoms with van der Waals surface area (Å²) in [4.78, 5) is 17.3. The number of rotatable bonds is 5. The van der Waals surface area contributed by atoms with Gasteiger partial charge in [0.15, 0.2) is 11.6 Å². The van der Waals surface area contributed by atoms with Gasteiger partial charge in [-0.1, -0.05) is 37.9 Å². The number of likely N-dealkylation sites (tertiary alicyclic amines) is 1. The van der Waals surface area contributed by atoms with Crippen molar-refractivity contribution in [3.05, 3.63) is 68.1 Å². The molecule has 8 heteroatoms. The molecule has 1 fully saturated rings. The molecule has 0 saturated carbocycles. The third-order valence-corrected chi connectivity index (χ3v) is 7.22. The van der Waals surface area contributed by atoms with E-state index in [1.165, 1.54) is 12.1 Å². The number of halogens is 5. The fraction of sp³-hybridized carbons (Fsp3) is 0.435. The Morgan fingerprint density at radius 1 is 1.10 bits per heavy atom. The van der Waals surface area contributed by atoms with Crippen molar-refractivity contribution < 1.29 is 13.6 Å². The summed E-state index contributed by atoms with van der Waals surface area (Å²) in [6.07, 6.45) is 1.72. The Morgan fingerprint density at radius 2 is 1.68 bits per heavy atom. The van der Waals surface area contributed by atoms with E-state index >= 15 is 0 Å². The molecular weight excluding hydrogens is 554 g/mol. The number of nitrogens with zero attached hydrogens (tertiary/aromatic N) is 2. The molecule has 1 unspecified atom stereocenters. The first kappa shape index (κ1) is 26.2. The van der Waals surface area contributed by atoms with Crippen LogP contribution >= 0.6 is 44.3 Å². The minimum absolute atomic E-state index is 0. The Kier molecular flexibility index (Phi) is 9.08. The lowest BCUT2D eigenvalue weighted by Crippen LogP contribution is -2.44. The van der Waals surface area contributed by atoms with Gasteiger partial charge in [0.25, 0.3) is 0 Å². The minimum Gasteiger partial charge on any atom is -0.339 e. The number of amides is 1. The first-order valence-electron chi connectivity index (χ1n) is 9.97. The molecule has 170 valence electrons. The van der Waals surface area contributed by atoms with Gasteiger partial charge in [0, 0.05) is 27.8 Å². The van der Waals surface area contributed by atoms with E-state index in [4.69, 9.17) is 0 Å². The standard InChI is InChI=1S/C23H26Br2F2N2O.ClH/c1-15(16-10-18(24)13-19(25)11-16)29(3)22(30)14-23(6-8-28(2)9-7-23)17-4-5-20(26)21(27)12-17;/h4-5,10-13,15H,6-9,14H2,1-3H3;1H. The largest absolute Gasteiger partial charge is 0.339 e. The van der Waals surface area contributed by atoms with Crippen molar-refractivity contribution in [2.24, 2.45) is 0 Å². The Labute approximate surface area is 205 Å². The van der Waals surface area contributed by atoms with Crippen LogP contribution < -0.4 is 0 Å². The average Bonchev–Trinajstić information content (AvgIpc) is 2.70. The van der Waals surface area contributed by atoms with E-state index in [1.54, 1.807) is 18.0 Å². The first-order valence-corrected chi connectivity index (χ1v) is 11.6. The Morgan fingerprint density at radius 3 is 2.23 bits per heavy atom. The van der Waals surface area contributed by atoms with E-state index < -0.39 is 17.0 Å². The highest BCUT2D eigenvalue weighted by Crippen LogP contribution is 2.40. The van der Waals surface area contributed by atoms with Crippen LogP contribution in [0.5, 0.6) is 0 Å². The quantitative estimate of drug-likeness (QED) is 0.404. The monoisotopic (exact) mass is 578 g/mol. The SMILES string of the molecule is CC(c1cc(Br)cc(Br)c1)N(C)C(=O)CC1(c2ccc(F)c(F)c2)CCN(C)CC1.Cl. The van der Waals surface area contributed by atoms with Crippen molar-refractivity contribution in [3.63, 3.8) is 0 Å². The Bertz CT molecular complexity index is 916. The van der Waals surface area contributed by atoms with Gasteiger partial charge in [-0.2, -0.15) is 0 Å². The number of piperidine rings is 1. The molecule has 1 atom stereocenters. The van der Waals surface area contributed by atoms with Crippen molar-refractivity contribution in [1.82, 2.24) is 9.80 Å². The summed E-state index contributed by atoms with van der Waals surface area (Å²) in [5, 5.41) is 0. The molecule has 0 bridgehead atoms. The molecule has 0 spiro atoms. The molecule has 1 saturated heterocycles. The van der Waals surface area contributed by atoms with Crippen molar-refractivity contribution in [1.29, 1.82) is 0 Å². The van der Waals surface area contributed by atoms with Crippen LogP contribution in [0.4, 0.5) is 8.78 Å². The molecule has 2 aromatic carbocycles. The zero-order chi connectivity index (χ0) is 22.1. The zero-order valence-corrected chi connectivity index (χ0v) is 21.8. The lowest BCUT2D eigenvalue weighted by atomic mass is 9.70. The van der Waals surface area contributed by atoms with Gasteiger partial charge in [-0.15, -0.1) is 12.4 Å². The summed E-state index contributed by atoms with van der Waals surface area (Å²) in [6, 6.07) is 9.89. The van der Waals surface area contributed by atoms with Gasteiger partial charge in [-0.25, -0.2) is 8.78 Å². The van der Waals surface area contributed by atoms with Gasteiger partial charge in [0.2, 0.25) is 5.91 Å². The van der Waals surface area contributed by atoms with Gasteiger partial charge >= 0.3 is 0 Å². The van der Waals surface area contributed by atoms with Crippen molar-refractivity contribution in [2.45, 2.75) is 37.6 Å². The molecule has 0 aliphatic carbocycles. The van der Waals surface area contributed by atoms with E-state index in [2.05, 4.69) is 36.8 Å². The number of carbonyl (C=O) groups is 1. The Balaban J connectivity index is 0.00000341.